The van der Waals surface area contributed by atoms with Gasteiger partial charge in [-0.25, -0.2) is 8.42 Å². The van der Waals surface area contributed by atoms with Gasteiger partial charge in [0.25, 0.3) is 10.0 Å². The van der Waals surface area contributed by atoms with E-state index in [0.29, 0.717) is 11.4 Å². The van der Waals surface area contributed by atoms with Crippen molar-refractivity contribution in [2.75, 3.05) is 10.5 Å². The molecule has 2 aromatic rings. The Morgan fingerprint density at radius 3 is 2.74 bits per heavy atom. The molecule has 2 rings (SSSR count). The molecule has 0 aliphatic heterocycles. The van der Waals surface area contributed by atoms with Crippen LogP contribution in [0.1, 0.15) is 5.56 Å². The zero-order valence-electron chi connectivity index (χ0n) is 10.1. The van der Waals surface area contributed by atoms with Gasteiger partial charge in [-0.05, 0) is 36.8 Å². The molecule has 0 fully saturated rings. The molecule has 100 valence electrons. The third kappa shape index (κ3) is 2.97. The van der Waals surface area contributed by atoms with Crippen molar-refractivity contribution in [2.45, 2.75) is 11.8 Å². The molecule has 0 amide bonds. The lowest BCUT2D eigenvalue weighted by atomic mass is 10.2. The van der Waals surface area contributed by atoms with Gasteiger partial charge in [0.15, 0.2) is 0 Å². The van der Waals surface area contributed by atoms with Crippen molar-refractivity contribution >= 4 is 33.0 Å². The molecule has 1 heterocycles. The van der Waals surface area contributed by atoms with Crippen LogP contribution in [0.25, 0.3) is 0 Å². The second-order valence-corrected chi connectivity index (χ2v) is 6.04. The topological polar surface area (TPSA) is 85.1 Å². The number of hydrogen-bond acceptors (Lipinski definition) is 4. The van der Waals surface area contributed by atoms with Crippen LogP contribution in [-0.2, 0) is 10.0 Å². The van der Waals surface area contributed by atoms with Gasteiger partial charge in [0.2, 0.25) is 0 Å². The van der Waals surface area contributed by atoms with Gasteiger partial charge >= 0.3 is 0 Å². The minimum Gasteiger partial charge on any atom is -0.398 e. The predicted octanol–water partition coefficient (Wildman–Crippen LogP) is 2.43. The van der Waals surface area contributed by atoms with E-state index in [9.17, 15) is 8.42 Å². The Labute approximate surface area is 116 Å². The Balaban J connectivity index is 2.43. The second-order valence-electron chi connectivity index (χ2n) is 3.99. The highest BCUT2D eigenvalue weighted by Gasteiger charge is 2.19. The smallest absolute Gasteiger partial charge is 0.263 e. The summed E-state index contributed by atoms with van der Waals surface area (Å²) in [6, 6.07) is 6.09. The molecule has 1 aromatic carbocycles. The highest BCUT2D eigenvalue weighted by Crippen LogP contribution is 2.28. The summed E-state index contributed by atoms with van der Waals surface area (Å²) >= 11 is 5.96. The molecule has 0 aliphatic rings. The summed E-state index contributed by atoms with van der Waals surface area (Å²) in [5.41, 5.74) is 7.17. The number of benzene rings is 1. The highest BCUT2D eigenvalue weighted by molar-refractivity contribution is 7.92. The van der Waals surface area contributed by atoms with Crippen LogP contribution in [0.3, 0.4) is 0 Å². The quantitative estimate of drug-likeness (QED) is 0.852. The van der Waals surface area contributed by atoms with Crippen molar-refractivity contribution in [3.05, 3.63) is 47.2 Å². The van der Waals surface area contributed by atoms with Crippen molar-refractivity contribution < 1.29 is 8.42 Å². The SMILES string of the molecule is Cc1cc(Cl)c(S(=O)(=O)Nc2cccnc2)cc1N. The molecule has 0 saturated heterocycles. The molecule has 0 atom stereocenters. The molecule has 1 aromatic heterocycles. The van der Waals surface area contributed by atoms with Crippen LogP contribution in [0.4, 0.5) is 11.4 Å². The summed E-state index contributed by atoms with van der Waals surface area (Å²) in [4.78, 5) is 3.78. The maximum absolute atomic E-state index is 12.2. The fourth-order valence-corrected chi connectivity index (χ4v) is 3.17. The van der Waals surface area contributed by atoms with E-state index in [1.807, 2.05) is 0 Å². The number of hydrogen-bond donors (Lipinski definition) is 2. The normalized spacial score (nSPS) is 11.3. The number of nitrogens with two attached hydrogens (primary N) is 1. The summed E-state index contributed by atoms with van der Waals surface area (Å²) in [5, 5.41) is 0.128. The minimum atomic E-state index is -3.79. The average Bonchev–Trinajstić information content (AvgIpc) is 2.34. The number of pyridine rings is 1. The number of anilines is 2. The van der Waals surface area contributed by atoms with E-state index in [0.717, 1.165) is 5.56 Å². The van der Waals surface area contributed by atoms with Gasteiger partial charge in [-0.1, -0.05) is 11.6 Å². The number of nitrogen functional groups attached to an aromatic ring is 1. The molecule has 0 radical (unpaired) electrons. The summed E-state index contributed by atoms with van der Waals surface area (Å²) in [6.45, 7) is 1.76. The van der Waals surface area contributed by atoms with Crippen molar-refractivity contribution in [3.8, 4) is 0 Å². The van der Waals surface area contributed by atoms with Crippen LogP contribution in [0.15, 0.2) is 41.6 Å². The fraction of sp³-hybridized carbons (Fsp3) is 0.0833. The molecule has 3 N–H and O–H groups in total. The van der Waals surface area contributed by atoms with Crippen molar-refractivity contribution in [1.82, 2.24) is 4.98 Å². The summed E-state index contributed by atoms with van der Waals surface area (Å²) in [7, 11) is -3.79. The van der Waals surface area contributed by atoms with E-state index in [2.05, 4.69) is 9.71 Å². The van der Waals surface area contributed by atoms with Crippen molar-refractivity contribution in [3.63, 3.8) is 0 Å². The third-order valence-electron chi connectivity index (χ3n) is 2.52. The molecule has 19 heavy (non-hydrogen) atoms. The van der Waals surface area contributed by atoms with Crippen molar-refractivity contribution in [1.29, 1.82) is 0 Å². The first-order valence-electron chi connectivity index (χ1n) is 5.38. The van der Waals surface area contributed by atoms with Crippen LogP contribution >= 0.6 is 11.6 Å². The van der Waals surface area contributed by atoms with Gasteiger partial charge in [0.1, 0.15) is 4.90 Å². The Morgan fingerprint density at radius 1 is 1.37 bits per heavy atom. The van der Waals surface area contributed by atoms with E-state index in [1.165, 1.54) is 18.3 Å². The summed E-state index contributed by atoms with van der Waals surface area (Å²) in [6.07, 6.45) is 2.96. The fourth-order valence-electron chi connectivity index (χ4n) is 1.51. The number of aryl methyl sites for hydroxylation is 1. The van der Waals surface area contributed by atoms with Crippen LogP contribution in [0, 0.1) is 6.92 Å². The zero-order chi connectivity index (χ0) is 14.0. The Hall–Kier alpha value is -1.79. The van der Waals surface area contributed by atoms with E-state index in [1.54, 1.807) is 25.3 Å². The van der Waals surface area contributed by atoms with Crippen LogP contribution < -0.4 is 10.5 Å². The number of sulfonamides is 1. The van der Waals surface area contributed by atoms with Gasteiger partial charge in [0, 0.05) is 11.9 Å². The molecular formula is C12H12ClN3O2S. The number of halogens is 1. The third-order valence-corrected chi connectivity index (χ3v) is 4.37. The maximum Gasteiger partial charge on any atom is 0.263 e. The largest absolute Gasteiger partial charge is 0.398 e. The van der Waals surface area contributed by atoms with Gasteiger partial charge in [-0.3, -0.25) is 9.71 Å². The lowest BCUT2D eigenvalue weighted by Crippen LogP contribution is -2.14. The van der Waals surface area contributed by atoms with E-state index >= 15 is 0 Å². The van der Waals surface area contributed by atoms with Gasteiger partial charge in [0.05, 0.1) is 16.9 Å². The first-order valence-corrected chi connectivity index (χ1v) is 7.25. The minimum absolute atomic E-state index is 0.0545. The second kappa shape index (κ2) is 5.07. The first-order chi connectivity index (χ1) is 8.90. The number of rotatable bonds is 3. The lowest BCUT2D eigenvalue weighted by molar-refractivity contribution is 0.601. The average molecular weight is 298 g/mol. The van der Waals surface area contributed by atoms with Crippen LogP contribution in [0.5, 0.6) is 0 Å². The van der Waals surface area contributed by atoms with Gasteiger partial charge < -0.3 is 5.73 Å². The molecule has 7 heteroatoms. The van der Waals surface area contributed by atoms with Crippen LogP contribution in [0.2, 0.25) is 5.02 Å². The molecule has 0 spiro atoms. The maximum atomic E-state index is 12.2. The van der Waals surface area contributed by atoms with Crippen LogP contribution in [-0.4, -0.2) is 13.4 Å². The molecule has 0 aliphatic carbocycles. The van der Waals surface area contributed by atoms with E-state index in [-0.39, 0.29) is 9.92 Å². The summed E-state index contributed by atoms with van der Waals surface area (Å²) < 4.78 is 26.8. The first kappa shape index (κ1) is 13.6. The molecule has 0 saturated carbocycles. The van der Waals surface area contributed by atoms with Gasteiger partial charge in [-0.2, -0.15) is 0 Å². The molecule has 0 unspecified atom stereocenters. The molecule has 5 nitrogen and oxygen atoms in total. The lowest BCUT2D eigenvalue weighted by Gasteiger charge is -2.11. The Bertz CT molecular complexity index is 702. The van der Waals surface area contributed by atoms with E-state index in [4.69, 9.17) is 17.3 Å². The Kier molecular flexibility index (Phi) is 3.64. The monoisotopic (exact) mass is 297 g/mol. The zero-order valence-corrected chi connectivity index (χ0v) is 11.7. The standard InChI is InChI=1S/C12H12ClN3O2S/c1-8-5-10(13)12(6-11(8)14)19(17,18)16-9-3-2-4-15-7-9/h2-7,16H,14H2,1H3. The predicted molar refractivity (Wildman–Crippen MR) is 75.6 cm³/mol. The van der Waals surface area contributed by atoms with Crippen molar-refractivity contribution in [2.24, 2.45) is 0 Å². The summed E-state index contributed by atoms with van der Waals surface area (Å²) in [5.74, 6) is 0. The molecular weight excluding hydrogens is 286 g/mol. The number of nitrogens with zero attached hydrogens (tertiary/aromatic N) is 1. The highest BCUT2D eigenvalue weighted by atomic mass is 35.5. The number of aromatic nitrogens is 1. The van der Waals surface area contributed by atoms with E-state index < -0.39 is 10.0 Å². The molecule has 0 bridgehead atoms. The van der Waals surface area contributed by atoms with Gasteiger partial charge in [-0.15, -0.1) is 0 Å². The number of nitrogens with one attached hydrogen (secondary N) is 1. The Morgan fingerprint density at radius 2 is 2.11 bits per heavy atom.